The van der Waals surface area contributed by atoms with Crippen molar-refractivity contribution in [3.8, 4) is 0 Å². The van der Waals surface area contributed by atoms with Crippen molar-refractivity contribution in [2.45, 2.75) is 31.7 Å². The fraction of sp³-hybridized carbons (Fsp3) is 0.308. The summed E-state index contributed by atoms with van der Waals surface area (Å²) in [5.41, 5.74) is 7.19. The van der Waals surface area contributed by atoms with Crippen LogP contribution < -0.4 is 4.72 Å². The Kier molecular flexibility index (Phi) is 11.5. The predicted molar refractivity (Wildman–Crippen MR) is 195 cm³/mol. The number of sulfonamides is 1. The number of hydrogen-bond donors (Lipinski definition) is 1. The first kappa shape index (κ1) is 34.9. The molecule has 1 aliphatic rings. The lowest BCUT2D eigenvalue weighted by Crippen LogP contribution is -2.43. The monoisotopic (exact) mass is 699 g/mol. The number of halogens is 1. The predicted octanol–water partition coefficient (Wildman–Crippen LogP) is 6.65. The molecule has 256 valence electrons. The van der Waals surface area contributed by atoms with Crippen LogP contribution in [0.1, 0.15) is 50.8 Å². The standard InChI is InChI=1S/C39H42ClN3O5S/c1-47-39(44)32-17-15-29(16-18-32)9-8-14-34-35-27-33(40)19-20-36(35)43(38(30-10-4-2-5-11-30)31-12-6-3-7-13-31)37(34)21-22-41-49(45,46)28-42-23-25-48-26-24-42/h2-7,10-13,15-20,27,38,41H,8-9,14,21-26,28H2,1H3. The summed E-state index contributed by atoms with van der Waals surface area (Å²) in [4.78, 5) is 13.8. The van der Waals surface area contributed by atoms with Crippen LogP contribution >= 0.6 is 11.6 Å². The normalized spacial score (nSPS) is 14.0. The van der Waals surface area contributed by atoms with Crippen molar-refractivity contribution in [3.05, 3.63) is 142 Å². The molecule has 1 N–H and O–H groups in total. The molecule has 0 saturated carbocycles. The van der Waals surface area contributed by atoms with Crippen LogP contribution in [0.5, 0.6) is 0 Å². The summed E-state index contributed by atoms with van der Waals surface area (Å²) in [7, 11) is -2.17. The Morgan fingerprint density at radius 1 is 0.878 bits per heavy atom. The average molecular weight is 700 g/mol. The van der Waals surface area contributed by atoms with E-state index in [1.807, 2.05) is 41.3 Å². The van der Waals surface area contributed by atoms with Crippen molar-refractivity contribution in [1.82, 2.24) is 14.2 Å². The number of carbonyl (C=O) groups excluding carboxylic acids is 1. The van der Waals surface area contributed by atoms with Gasteiger partial charge in [-0.2, -0.15) is 0 Å². The van der Waals surface area contributed by atoms with Gasteiger partial charge >= 0.3 is 5.97 Å². The van der Waals surface area contributed by atoms with Gasteiger partial charge in [0.2, 0.25) is 10.0 Å². The first-order valence-electron chi connectivity index (χ1n) is 16.7. The van der Waals surface area contributed by atoms with Crippen molar-refractivity contribution in [3.63, 3.8) is 0 Å². The molecule has 0 bridgehead atoms. The molecule has 0 amide bonds. The number of esters is 1. The number of carbonyl (C=O) groups is 1. The van der Waals surface area contributed by atoms with E-state index in [9.17, 15) is 13.2 Å². The minimum Gasteiger partial charge on any atom is -0.465 e. The fourth-order valence-electron chi connectivity index (χ4n) is 6.75. The third-order valence-corrected chi connectivity index (χ3v) is 10.7. The summed E-state index contributed by atoms with van der Waals surface area (Å²) in [6.07, 6.45) is 2.91. The molecule has 1 aliphatic heterocycles. The van der Waals surface area contributed by atoms with Gasteiger partial charge in [-0.3, -0.25) is 4.90 Å². The van der Waals surface area contributed by atoms with Gasteiger partial charge in [0.15, 0.2) is 0 Å². The SMILES string of the molecule is COC(=O)c1ccc(CCCc2c(CCNS(=O)(=O)CN3CCOCC3)n(C(c3ccccc3)c3ccccc3)c3ccc(Cl)cc23)cc1. The van der Waals surface area contributed by atoms with E-state index in [1.54, 1.807) is 12.1 Å². The molecular formula is C39H42ClN3O5S. The molecule has 0 unspecified atom stereocenters. The third kappa shape index (κ3) is 8.60. The van der Waals surface area contributed by atoms with Gasteiger partial charge in [-0.15, -0.1) is 0 Å². The van der Waals surface area contributed by atoms with Crippen LogP contribution in [0.2, 0.25) is 5.02 Å². The highest BCUT2D eigenvalue weighted by Gasteiger charge is 2.26. The number of nitrogens with zero attached hydrogens (tertiary/aromatic N) is 2. The van der Waals surface area contributed by atoms with Crippen LogP contribution in [0.3, 0.4) is 0 Å². The maximum atomic E-state index is 13.2. The lowest BCUT2D eigenvalue weighted by atomic mass is 9.97. The maximum absolute atomic E-state index is 13.2. The Morgan fingerprint density at radius 3 is 2.16 bits per heavy atom. The van der Waals surface area contributed by atoms with Gasteiger partial charge in [0, 0.05) is 47.7 Å². The summed E-state index contributed by atoms with van der Waals surface area (Å²) in [6, 6.07) is 34.3. The van der Waals surface area contributed by atoms with Crippen LogP contribution in [0, 0.1) is 0 Å². The van der Waals surface area contributed by atoms with E-state index in [0.717, 1.165) is 58.1 Å². The average Bonchev–Trinajstić information content (AvgIpc) is 3.40. The van der Waals surface area contributed by atoms with E-state index in [0.29, 0.717) is 43.3 Å². The molecule has 1 saturated heterocycles. The first-order chi connectivity index (χ1) is 23.8. The third-order valence-electron chi connectivity index (χ3n) is 9.08. The van der Waals surface area contributed by atoms with Crippen LogP contribution in [-0.2, 0) is 38.8 Å². The summed E-state index contributed by atoms with van der Waals surface area (Å²) < 4.78 is 42.0. The van der Waals surface area contributed by atoms with Crippen molar-refractivity contribution in [2.75, 3.05) is 45.8 Å². The second-order valence-electron chi connectivity index (χ2n) is 12.3. The second-order valence-corrected chi connectivity index (χ2v) is 14.6. The lowest BCUT2D eigenvalue weighted by molar-refractivity contribution is 0.0463. The molecule has 6 rings (SSSR count). The Bertz CT molecular complexity index is 1920. The minimum absolute atomic E-state index is 0.0484. The molecule has 49 heavy (non-hydrogen) atoms. The van der Waals surface area contributed by atoms with Crippen molar-refractivity contribution in [1.29, 1.82) is 0 Å². The molecule has 5 aromatic rings. The van der Waals surface area contributed by atoms with E-state index >= 15 is 0 Å². The number of rotatable bonds is 14. The zero-order valence-corrected chi connectivity index (χ0v) is 29.3. The minimum atomic E-state index is -3.55. The van der Waals surface area contributed by atoms with E-state index in [-0.39, 0.29) is 24.4 Å². The van der Waals surface area contributed by atoms with Gasteiger partial charge in [-0.25, -0.2) is 17.9 Å². The van der Waals surface area contributed by atoms with Gasteiger partial charge in [-0.1, -0.05) is 84.4 Å². The largest absolute Gasteiger partial charge is 0.465 e. The zero-order chi connectivity index (χ0) is 34.2. The van der Waals surface area contributed by atoms with E-state index in [1.165, 1.54) is 7.11 Å². The number of morpholine rings is 1. The van der Waals surface area contributed by atoms with Crippen molar-refractivity contribution < 1.29 is 22.7 Å². The molecule has 2 heterocycles. The Balaban J connectivity index is 1.37. The fourth-order valence-corrected chi connectivity index (χ4v) is 8.16. The van der Waals surface area contributed by atoms with Crippen LogP contribution in [0.15, 0.2) is 103 Å². The molecular weight excluding hydrogens is 658 g/mol. The number of aromatic nitrogens is 1. The molecule has 0 spiro atoms. The highest BCUT2D eigenvalue weighted by molar-refractivity contribution is 7.89. The number of ether oxygens (including phenoxy) is 2. The summed E-state index contributed by atoms with van der Waals surface area (Å²) >= 11 is 6.65. The summed E-state index contributed by atoms with van der Waals surface area (Å²) in [5.74, 6) is -0.402. The molecule has 10 heteroatoms. The van der Waals surface area contributed by atoms with Crippen molar-refractivity contribution in [2.24, 2.45) is 0 Å². The number of nitrogens with one attached hydrogen (secondary N) is 1. The van der Waals surface area contributed by atoms with Gasteiger partial charge in [-0.05, 0) is 71.8 Å². The van der Waals surface area contributed by atoms with Gasteiger partial charge < -0.3 is 14.0 Å². The number of fused-ring (bicyclic) bond motifs is 1. The van der Waals surface area contributed by atoms with Crippen LogP contribution in [0.4, 0.5) is 0 Å². The zero-order valence-electron chi connectivity index (χ0n) is 27.7. The molecule has 0 radical (unpaired) electrons. The Hall–Kier alpha value is -3.99. The highest BCUT2D eigenvalue weighted by Crippen LogP contribution is 2.38. The number of benzene rings is 4. The van der Waals surface area contributed by atoms with Gasteiger partial charge in [0.25, 0.3) is 0 Å². The number of methoxy groups -OCH3 is 1. The number of hydrogen-bond acceptors (Lipinski definition) is 6. The molecule has 1 fully saturated rings. The Labute approximate surface area is 293 Å². The smallest absolute Gasteiger partial charge is 0.337 e. The van der Waals surface area contributed by atoms with Crippen LogP contribution in [0.25, 0.3) is 10.9 Å². The molecule has 0 aliphatic carbocycles. The topological polar surface area (TPSA) is 89.9 Å². The highest BCUT2D eigenvalue weighted by atomic mass is 35.5. The second kappa shape index (κ2) is 16.1. The van der Waals surface area contributed by atoms with Crippen LogP contribution in [-0.4, -0.2) is 69.7 Å². The summed E-state index contributed by atoms with van der Waals surface area (Å²) in [5, 5.41) is 1.72. The maximum Gasteiger partial charge on any atom is 0.337 e. The molecule has 1 aromatic heterocycles. The van der Waals surface area contributed by atoms with Gasteiger partial charge in [0.05, 0.1) is 31.9 Å². The first-order valence-corrected chi connectivity index (χ1v) is 18.7. The van der Waals surface area contributed by atoms with E-state index in [2.05, 4.69) is 63.9 Å². The molecule has 8 nitrogen and oxygen atoms in total. The quantitative estimate of drug-likeness (QED) is 0.131. The molecule has 4 aromatic carbocycles. The van der Waals surface area contributed by atoms with Gasteiger partial charge in [0.1, 0.15) is 5.88 Å². The van der Waals surface area contributed by atoms with Crippen molar-refractivity contribution >= 4 is 38.5 Å². The Morgan fingerprint density at radius 2 is 1.53 bits per heavy atom. The van der Waals surface area contributed by atoms with E-state index < -0.39 is 10.0 Å². The number of aryl methyl sites for hydroxylation is 2. The molecule has 0 atom stereocenters. The van der Waals surface area contributed by atoms with E-state index in [4.69, 9.17) is 21.1 Å². The lowest BCUT2D eigenvalue weighted by Gasteiger charge is -2.26. The summed E-state index contributed by atoms with van der Waals surface area (Å²) in [6.45, 7) is 2.53.